The summed E-state index contributed by atoms with van der Waals surface area (Å²) in [6.07, 6.45) is 2.79. The van der Waals surface area contributed by atoms with E-state index in [1.807, 2.05) is 18.2 Å². The van der Waals surface area contributed by atoms with Crippen LogP contribution < -0.4 is 10.6 Å². The van der Waals surface area contributed by atoms with Crippen LogP contribution in [0.4, 0.5) is 0 Å². The van der Waals surface area contributed by atoms with Gasteiger partial charge in [-0.1, -0.05) is 51.1 Å². The number of nitrogens with zero attached hydrogens (tertiary/aromatic N) is 2. The lowest BCUT2D eigenvalue weighted by Crippen LogP contribution is -2.37. The topological polar surface area (TPSA) is 71.7 Å². The summed E-state index contributed by atoms with van der Waals surface area (Å²) in [7, 11) is 1.75. The number of aliphatic imine (C=N–C) groups is 1. The molecule has 1 unspecified atom stereocenters. The maximum absolute atomic E-state index is 5.88. The molecule has 0 aliphatic rings. The molecule has 1 atom stereocenters. The van der Waals surface area contributed by atoms with Crippen molar-refractivity contribution < 1.29 is 9.15 Å². The Labute approximate surface area is 185 Å². The minimum Gasteiger partial charge on any atom is -0.443 e. The van der Waals surface area contributed by atoms with Gasteiger partial charge in [0.25, 0.3) is 0 Å². The van der Waals surface area contributed by atoms with Crippen molar-refractivity contribution in [2.24, 2.45) is 4.99 Å². The zero-order chi connectivity index (χ0) is 19.7. The Hall–Kier alpha value is -1.61. The highest BCUT2D eigenvalue weighted by Gasteiger charge is 2.19. The Balaban J connectivity index is 0.00000392. The minimum absolute atomic E-state index is 0. The fourth-order valence-electron chi connectivity index (χ4n) is 2.48. The summed E-state index contributed by atoms with van der Waals surface area (Å²) < 4.78 is 11.7. The van der Waals surface area contributed by atoms with Gasteiger partial charge in [-0.05, 0) is 18.9 Å². The molecule has 0 saturated carbocycles. The van der Waals surface area contributed by atoms with E-state index in [2.05, 4.69) is 60.4 Å². The molecule has 0 spiro atoms. The normalized spacial score (nSPS) is 13.0. The number of aromatic nitrogens is 1. The molecule has 6 nitrogen and oxygen atoms in total. The van der Waals surface area contributed by atoms with Crippen molar-refractivity contribution in [2.75, 3.05) is 20.2 Å². The first kappa shape index (κ1) is 24.4. The van der Waals surface area contributed by atoms with Gasteiger partial charge < -0.3 is 19.8 Å². The van der Waals surface area contributed by atoms with Crippen LogP contribution in [-0.2, 0) is 16.7 Å². The van der Waals surface area contributed by atoms with E-state index >= 15 is 0 Å². The van der Waals surface area contributed by atoms with Crippen LogP contribution in [0.3, 0.4) is 0 Å². The van der Waals surface area contributed by atoms with Crippen molar-refractivity contribution >= 4 is 29.9 Å². The van der Waals surface area contributed by atoms with Gasteiger partial charge in [0.05, 0.1) is 18.8 Å². The number of halogens is 1. The maximum Gasteiger partial charge on any atom is 0.213 e. The molecule has 28 heavy (non-hydrogen) atoms. The molecule has 7 heteroatoms. The zero-order valence-electron chi connectivity index (χ0n) is 17.5. The largest absolute Gasteiger partial charge is 0.443 e. The molecule has 0 amide bonds. The molecule has 0 fully saturated rings. The summed E-state index contributed by atoms with van der Waals surface area (Å²) in [5.41, 5.74) is 1.16. The summed E-state index contributed by atoms with van der Waals surface area (Å²) in [5, 5.41) is 6.50. The molecule has 1 aromatic carbocycles. The number of guanidine groups is 1. The van der Waals surface area contributed by atoms with Crippen LogP contribution in [-0.4, -0.2) is 31.1 Å². The van der Waals surface area contributed by atoms with Crippen LogP contribution in [0.2, 0.25) is 0 Å². The van der Waals surface area contributed by atoms with Crippen molar-refractivity contribution in [1.82, 2.24) is 15.6 Å². The predicted molar refractivity (Wildman–Crippen MR) is 124 cm³/mol. The molecule has 0 bridgehead atoms. The number of hydrogen-bond acceptors (Lipinski definition) is 4. The van der Waals surface area contributed by atoms with E-state index in [0.29, 0.717) is 19.0 Å². The van der Waals surface area contributed by atoms with Crippen molar-refractivity contribution in [3.8, 4) is 0 Å². The molecule has 156 valence electrons. The Kier molecular flexibility index (Phi) is 10.5. The van der Waals surface area contributed by atoms with Crippen molar-refractivity contribution in [2.45, 2.75) is 52.2 Å². The first-order valence-corrected chi connectivity index (χ1v) is 9.46. The number of nitrogens with one attached hydrogen (secondary N) is 2. The second kappa shape index (κ2) is 12.1. The van der Waals surface area contributed by atoms with Crippen LogP contribution in [0.1, 0.15) is 57.4 Å². The van der Waals surface area contributed by atoms with Gasteiger partial charge >= 0.3 is 0 Å². The summed E-state index contributed by atoms with van der Waals surface area (Å²) in [6, 6.07) is 10.3. The van der Waals surface area contributed by atoms with Gasteiger partial charge in [0.1, 0.15) is 5.76 Å². The van der Waals surface area contributed by atoms with E-state index in [1.165, 1.54) is 5.56 Å². The molecule has 0 aliphatic heterocycles. The van der Waals surface area contributed by atoms with Crippen LogP contribution in [0, 0.1) is 0 Å². The Bertz CT molecular complexity index is 711. The Morgan fingerprint density at radius 2 is 1.93 bits per heavy atom. The van der Waals surface area contributed by atoms with E-state index in [1.54, 1.807) is 13.2 Å². The molecule has 2 N–H and O–H groups in total. The van der Waals surface area contributed by atoms with Gasteiger partial charge in [0, 0.05) is 25.6 Å². The van der Waals surface area contributed by atoms with Gasteiger partial charge in [-0.3, -0.25) is 4.99 Å². The predicted octanol–water partition coefficient (Wildman–Crippen LogP) is 4.42. The van der Waals surface area contributed by atoms with Gasteiger partial charge in [-0.25, -0.2) is 4.98 Å². The van der Waals surface area contributed by atoms with Crippen LogP contribution in [0.25, 0.3) is 0 Å². The fourth-order valence-corrected chi connectivity index (χ4v) is 2.48. The lowest BCUT2D eigenvalue weighted by Gasteiger charge is -2.15. The molecule has 0 radical (unpaired) electrons. The molecule has 1 aromatic heterocycles. The van der Waals surface area contributed by atoms with Crippen LogP contribution in [0.5, 0.6) is 0 Å². The highest BCUT2D eigenvalue weighted by molar-refractivity contribution is 14.0. The second-order valence-corrected chi connectivity index (χ2v) is 7.50. The van der Waals surface area contributed by atoms with Crippen molar-refractivity contribution in [1.29, 1.82) is 0 Å². The molecular weight excluding hydrogens is 467 g/mol. The lowest BCUT2D eigenvalue weighted by molar-refractivity contribution is 0.0646. The number of benzene rings is 1. The van der Waals surface area contributed by atoms with Gasteiger partial charge in [-0.2, -0.15) is 0 Å². The molecule has 2 rings (SSSR count). The fraction of sp³-hybridized carbons (Fsp3) is 0.524. The third kappa shape index (κ3) is 8.18. The van der Waals surface area contributed by atoms with E-state index in [4.69, 9.17) is 9.15 Å². The van der Waals surface area contributed by atoms with E-state index in [9.17, 15) is 0 Å². The summed E-state index contributed by atoms with van der Waals surface area (Å²) >= 11 is 0. The monoisotopic (exact) mass is 500 g/mol. The first-order valence-electron chi connectivity index (χ1n) is 9.46. The molecule has 2 aromatic rings. The first-order chi connectivity index (χ1) is 12.9. The molecule has 0 aliphatic carbocycles. The van der Waals surface area contributed by atoms with Crippen LogP contribution >= 0.6 is 24.0 Å². The van der Waals surface area contributed by atoms with E-state index in [-0.39, 0.29) is 35.5 Å². The molecule has 1 heterocycles. The third-order valence-corrected chi connectivity index (χ3v) is 4.17. The van der Waals surface area contributed by atoms with Crippen molar-refractivity contribution in [3.05, 3.63) is 53.7 Å². The summed E-state index contributed by atoms with van der Waals surface area (Å²) in [4.78, 5) is 8.54. The lowest BCUT2D eigenvalue weighted by atomic mass is 9.94. The highest BCUT2D eigenvalue weighted by atomic mass is 127. The van der Waals surface area contributed by atoms with Gasteiger partial charge in [-0.15, -0.1) is 24.0 Å². The standard InChI is InChI=1S/C21H32N4O2.HI/c1-16(17-10-7-6-8-11-17)26-13-9-12-23-20(22-5)25-15-19-24-14-18(27-19)21(2,3)4;/h6-8,10-11,14,16H,9,12-13,15H2,1-5H3,(H2,22,23,25);1H. The third-order valence-electron chi connectivity index (χ3n) is 4.17. The molecule has 0 saturated heterocycles. The number of rotatable bonds is 8. The minimum atomic E-state index is -0.0396. The molecular formula is C21H33IN4O2. The van der Waals surface area contributed by atoms with Crippen molar-refractivity contribution in [3.63, 3.8) is 0 Å². The van der Waals surface area contributed by atoms with Gasteiger partial charge in [0.2, 0.25) is 5.89 Å². The SMILES string of the molecule is CN=C(NCCCOC(C)c1ccccc1)NCc1ncc(C(C)(C)C)o1.I. The zero-order valence-corrected chi connectivity index (χ0v) is 19.8. The van der Waals surface area contributed by atoms with E-state index in [0.717, 1.165) is 24.7 Å². The highest BCUT2D eigenvalue weighted by Crippen LogP contribution is 2.22. The number of oxazole rings is 1. The summed E-state index contributed by atoms with van der Waals surface area (Å²) in [6.45, 7) is 10.3. The quantitative estimate of drug-likeness (QED) is 0.243. The number of hydrogen-bond donors (Lipinski definition) is 2. The van der Waals surface area contributed by atoms with Gasteiger partial charge in [0.15, 0.2) is 5.96 Å². The number of ether oxygens (including phenoxy) is 1. The maximum atomic E-state index is 5.88. The second-order valence-electron chi connectivity index (χ2n) is 7.50. The van der Waals surface area contributed by atoms with E-state index < -0.39 is 0 Å². The van der Waals surface area contributed by atoms with Crippen LogP contribution in [0.15, 0.2) is 45.9 Å². The Morgan fingerprint density at radius 3 is 2.54 bits per heavy atom. The average molecular weight is 500 g/mol. The average Bonchev–Trinajstić information content (AvgIpc) is 3.14. The smallest absolute Gasteiger partial charge is 0.213 e. The Morgan fingerprint density at radius 1 is 1.21 bits per heavy atom. The summed E-state index contributed by atoms with van der Waals surface area (Å²) in [5.74, 6) is 2.26.